The minimum atomic E-state index is -0.221. The lowest BCUT2D eigenvalue weighted by Crippen LogP contribution is -2.38. The summed E-state index contributed by atoms with van der Waals surface area (Å²) in [5.41, 5.74) is 0.607. The maximum Gasteiger partial charge on any atom is 0.191 e. The summed E-state index contributed by atoms with van der Waals surface area (Å²) < 4.78 is 24.4. The number of nitrogens with zero attached hydrogens (tertiary/aromatic N) is 1. The van der Waals surface area contributed by atoms with Gasteiger partial charge < -0.3 is 20.1 Å². The van der Waals surface area contributed by atoms with E-state index in [0.29, 0.717) is 44.4 Å². The van der Waals surface area contributed by atoms with E-state index in [2.05, 4.69) is 22.5 Å². The van der Waals surface area contributed by atoms with Crippen LogP contribution < -0.4 is 10.6 Å². The zero-order valence-corrected chi connectivity index (χ0v) is 14.1. The van der Waals surface area contributed by atoms with Gasteiger partial charge in [0.1, 0.15) is 5.82 Å². The third kappa shape index (κ3) is 9.15. The second-order valence-corrected chi connectivity index (χ2v) is 5.02. The van der Waals surface area contributed by atoms with Crippen LogP contribution in [0.2, 0.25) is 0 Å². The van der Waals surface area contributed by atoms with Crippen LogP contribution in [-0.4, -0.2) is 46.0 Å². The van der Waals surface area contributed by atoms with Gasteiger partial charge >= 0.3 is 0 Å². The molecule has 0 spiro atoms. The smallest absolute Gasteiger partial charge is 0.191 e. The van der Waals surface area contributed by atoms with Gasteiger partial charge in [-0.05, 0) is 12.5 Å². The number of nitrogens with one attached hydrogen (secondary N) is 2. The van der Waals surface area contributed by atoms with Crippen LogP contribution in [0.25, 0.3) is 0 Å². The fraction of sp³-hybridized carbons (Fsp3) is 0.588. The fourth-order valence-corrected chi connectivity index (χ4v) is 1.85. The van der Waals surface area contributed by atoms with Crippen molar-refractivity contribution in [1.29, 1.82) is 0 Å². The summed E-state index contributed by atoms with van der Waals surface area (Å²) in [5.74, 6) is 0.401. The molecule has 2 N–H and O–H groups in total. The SMILES string of the molecule is CCCCOCCOCCNC(=NC)NCc1ccccc1F. The van der Waals surface area contributed by atoms with Crippen molar-refractivity contribution < 1.29 is 13.9 Å². The van der Waals surface area contributed by atoms with Gasteiger partial charge in [-0.1, -0.05) is 31.5 Å². The number of halogens is 1. The molecule has 0 saturated heterocycles. The van der Waals surface area contributed by atoms with E-state index in [1.54, 1.807) is 19.2 Å². The molecular formula is C17H28FN3O2. The first-order valence-corrected chi connectivity index (χ1v) is 8.11. The molecule has 0 aliphatic rings. The van der Waals surface area contributed by atoms with E-state index in [1.807, 2.05) is 6.07 Å². The summed E-state index contributed by atoms with van der Waals surface area (Å²) in [6.07, 6.45) is 2.23. The highest BCUT2D eigenvalue weighted by molar-refractivity contribution is 5.79. The largest absolute Gasteiger partial charge is 0.379 e. The molecule has 6 heteroatoms. The number of ether oxygens (including phenoxy) is 2. The minimum Gasteiger partial charge on any atom is -0.379 e. The van der Waals surface area contributed by atoms with Crippen molar-refractivity contribution in [3.63, 3.8) is 0 Å². The number of benzene rings is 1. The second kappa shape index (κ2) is 12.8. The molecule has 0 fully saturated rings. The van der Waals surface area contributed by atoms with Gasteiger partial charge in [-0.3, -0.25) is 4.99 Å². The molecule has 130 valence electrons. The van der Waals surface area contributed by atoms with Crippen molar-refractivity contribution in [1.82, 2.24) is 10.6 Å². The Bertz CT molecular complexity index is 455. The van der Waals surface area contributed by atoms with Crippen LogP contribution in [-0.2, 0) is 16.0 Å². The van der Waals surface area contributed by atoms with Crippen molar-refractivity contribution >= 4 is 5.96 Å². The molecule has 1 aromatic rings. The average Bonchev–Trinajstić information content (AvgIpc) is 2.57. The van der Waals surface area contributed by atoms with E-state index < -0.39 is 0 Å². The highest BCUT2D eigenvalue weighted by Gasteiger charge is 2.02. The van der Waals surface area contributed by atoms with Gasteiger partial charge in [0.25, 0.3) is 0 Å². The Labute approximate surface area is 138 Å². The number of aliphatic imine (C=N–C) groups is 1. The first kappa shape index (κ1) is 19.4. The molecule has 0 aliphatic carbocycles. The molecule has 1 rings (SSSR count). The van der Waals surface area contributed by atoms with Crippen LogP contribution in [0.5, 0.6) is 0 Å². The van der Waals surface area contributed by atoms with E-state index in [1.165, 1.54) is 6.07 Å². The molecule has 0 aromatic heterocycles. The molecule has 0 atom stereocenters. The molecular weight excluding hydrogens is 297 g/mol. The Balaban J connectivity index is 2.07. The molecule has 0 bridgehead atoms. The summed E-state index contributed by atoms with van der Waals surface area (Å²) in [5, 5.41) is 6.19. The summed E-state index contributed by atoms with van der Waals surface area (Å²) in [4.78, 5) is 4.09. The number of hydrogen-bond donors (Lipinski definition) is 2. The Morgan fingerprint density at radius 2 is 1.83 bits per heavy atom. The lowest BCUT2D eigenvalue weighted by Gasteiger charge is -2.12. The molecule has 5 nitrogen and oxygen atoms in total. The normalized spacial score (nSPS) is 11.5. The van der Waals surface area contributed by atoms with Gasteiger partial charge in [0.2, 0.25) is 0 Å². The maximum absolute atomic E-state index is 13.5. The van der Waals surface area contributed by atoms with Crippen LogP contribution in [0.1, 0.15) is 25.3 Å². The van der Waals surface area contributed by atoms with Gasteiger partial charge in [-0.15, -0.1) is 0 Å². The lowest BCUT2D eigenvalue weighted by molar-refractivity contribution is 0.0487. The van der Waals surface area contributed by atoms with Crippen molar-refractivity contribution in [3.05, 3.63) is 35.6 Å². The minimum absolute atomic E-state index is 0.221. The van der Waals surface area contributed by atoms with Crippen molar-refractivity contribution in [2.24, 2.45) is 4.99 Å². The molecule has 23 heavy (non-hydrogen) atoms. The predicted molar refractivity (Wildman–Crippen MR) is 91.1 cm³/mol. The molecule has 0 unspecified atom stereocenters. The van der Waals surface area contributed by atoms with Crippen molar-refractivity contribution in [2.45, 2.75) is 26.3 Å². The second-order valence-electron chi connectivity index (χ2n) is 5.02. The Morgan fingerprint density at radius 3 is 2.52 bits per heavy atom. The van der Waals surface area contributed by atoms with E-state index in [9.17, 15) is 4.39 Å². The quantitative estimate of drug-likeness (QED) is 0.372. The third-order valence-corrected chi connectivity index (χ3v) is 3.18. The first-order valence-electron chi connectivity index (χ1n) is 8.11. The van der Waals surface area contributed by atoms with Gasteiger partial charge in [-0.25, -0.2) is 4.39 Å². The van der Waals surface area contributed by atoms with Crippen LogP contribution in [0.3, 0.4) is 0 Å². The number of unbranched alkanes of at least 4 members (excludes halogenated alkanes) is 1. The Morgan fingerprint density at radius 1 is 1.09 bits per heavy atom. The number of rotatable bonds is 11. The molecule has 0 saturated carbocycles. The fourth-order valence-electron chi connectivity index (χ4n) is 1.85. The van der Waals surface area contributed by atoms with E-state index in [4.69, 9.17) is 9.47 Å². The summed E-state index contributed by atoms with van der Waals surface area (Å²) in [7, 11) is 1.68. The summed E-state index contributed by atoms with van der Waals surface area (Å²) in [6.45, 7) is 5.73. The van der Waals surface area contributed by atoms with Gasteiger partial charge in [0.15, 0.2) is 5.96 Å². The van der Waals surface area contributed by atoms with Crippen molar-refractivity contribution in [2.75, 3.05) is 40.0 Å². The third-order valence-electron chi connectivity index (χ3n) is 3.18. The topological polar surface area (TPSA) is 54.9 Å². The predicted octanol–water partition coefficient (Wildman–Crippen LogP) is 2.32. The van der Waals surface area contributed by atoms with Gasteiger partial charge in [0, 0.05) is 32.3 Å². The molecule has 0 heterocycles. The summed E-state index contributed by atoms with van der Waals surface area (Å²) in [6, 6.07) is 6.68. The van der Waals surface area contributed by atoms with Crippen LogP contribution in [0.4, 0.5) is 4.39 Å². The lowest BCUT2D eigenvalue weighted by atomic mass is 10.2. The average molecular weight is 325 g/mol. The highest BCUT2D eigenvalue weighted by atomic mass is 19.1. The van der Waals surface area contributed by atoms with E-state index in [-0.39, 0.29) is 5.82 Å². The monoisotopic (exact) mass is 325 g/mol. The Hall–Kier alpha value is -1.66. The molecule has 0 radical (unpaired) electrons. The van der Waals surface area contributed by atoms with Gasteiger partial charge in [-0.2, -0.15) is 0 Å². The van der Waals surface area contributed by atoms with Crippen LogP contribution in [0, 0.1) is 5.82 Å². The molecule has 0 aliphatic heterocycles. The summed E-state index contributed by atoms with van der Waals surface area (Å²) >= 11 is 0. The van der Waals surface area contributed by atoms with E-state index >= 15 is 0 Å². The zero-order valence-electron chi connectivity index (χ0n) is 14.1. The van der Waals surface area contributed by atoms with Crippen molar-refractivity contribution in [3.8, 4) is 0 Å². The maximum atomic E-state index is 13.5. The zero-order chi connectivity index (χ0) is 16.8. The highest BCUT2D eigenvalue weighted by Crippen LogP contribution is 2.05. The number of guanidine groups is 1. The molecule has 0 amide bonds. The van der Waals surface area contributed by atoms with Gasteiger partial charge in [0.05, 0.1) is 19.8 Å². The van der Waals surface area contributed by atoms with Crippen LogP contribution in [0.15, 0.2) is 29.3 Å². The van der Waals surface area contributed by atoms with E-state index in [0.717, 1.165) is 19.4 Å². The van der Waals surface area contributed by atoms with Crippen LogP contribution >= 0.6 is 0 Å². The molecule has 1 aromatic carbocycles. The Kier molecular flexibility index (Phi) is 10.8. The standard InChI is InChI=1S/C17H28FN3O2/c1-3-4-10-22-12-13-23-11-9-20-17(19-2)21-14-15-7-5-6-8-16(15)18/h5-8H,3-4,9-14H2,1-2H3,(H2,19,20,21). The first-order chi connectivity index (χ1) is 11.3. The number of hydrogen-bond acceptors (Lipinski definition) is 3.